The van der Waals surface area contributed by atoms with E-state index in [0.29, 0.717) is 6.21 Å². The Morgan fingerprint density at radius 3 is 2.82 bits per heavy atom. The van der Waals surface area contributed by atoms with E-state index in [9.17, 15) is 9.59 Å². The maximum Gasteiger partial charge on any atom is 0.427 e. The lowest BCUT2D eigenvalue weighted by Gasteiger charge is -1.96. The highest BCUT2D eigenvalue weighted by atomic mass is 16.5. The topological polar surface area (TPSA) is 88.0 Å². The van der Waals surface area contributed by atoms with Gasteiger partial charge in [0.05, 0.1) is 6.61 Å². The Morgan fingerprint density at radius 2 is 2.36 bits per heavy atom. The lowest BCUT2D eigenvalue weighted by atomic mass is 10.8. The summed E-state index contributed by atoms with van der Waals surface area (Å²) < 4.78 is 4.37. The number of aliphatic carboxylic acids is 1. The first kappa shape index (κ1) is 9.41. The van der Waals surface area contributed by atoms with E-state index in [-0.39, 0.29) is 6.61 Å². The third-order valence-corrected chi connectivity index (χ3v) is 0.606. The summed E-state index contributed by atoms with van der Waals surface area (Å²) in [4.78, 5) is 20.2. The molecule has 0 rings (SSSR count). The number of hydrogen-bond acceptors (Lipinski definition) is 4. The molecular weight excluding hydrogens is 152 g/mol. The number of carbonyl (C=O) groups is 2. The average Bonchev–Trinajstić information content (AvgIpc) is 1.87. The number of rotatable bonds is 3. The van der Waals surface area contributed by atoms with Crippen LogP contribution in [0.2, 0.25) is 0 Å². The Labute approximate surface area is 62.8 Å². The number of hydrazone groups is 1. The minimum atomic E-state index is -1.23. The van der Waals surface area contributed by atoms with Crippen molar-refractivity contribution in [3.8, 4) is 0 Å². The maximum atomic E-state index is 10.4. The number of nitrogens with one attached hydrogen (secondary N) is 1. The third-order valence-electron chi connectivity index (χ3n) is 0.606. The van der Waals surface area contributed by atoms with Gasteiger partial charge in [0.2, 0.25) is 0 Å². The van der Waals surface area contributed by atoms with E-state index in [4.69, 9.17) is 5.11 Å². The van der Waals surface area contributed by atoms with Gasteiger partial charge in [-0.15, -0.1) is 0 Å². The van der Waals surface area contributed by atoms with E-state index < -0.39 is 12.1 Å². The molecule has 0 aliphatic rings. The molecule has 0 atom stereocenters. The summed E-state index contributed by atoms with van der Waals surface area (Å²) in [7, 11) is 0. The summed E-state index contributed by atoms with van der Waals surface area (Å²) in [6.07, 6.45) is -0.221. The predicted octanol–water partition coefficient (Wildman–Crippen LogP) is -0.197. The molecule has 0 fully saturated rings. The summed E-state index contributed by atoms with van der Waals surface area (Å²) in [6.45, 7) is 1.84. The van der Waals surface area contributed by atoms with Gasteiger partial charge in [-0.2, -0.15) is 5.10 Å². The number of carboxylic acid groups (broad SMARTS) is 1. The van der Waals surface area contributed by atoms with E-state index >= 15 is 0 Å². The molecule has 2 N–H and O–H groups in total. The van der Waals surface area contributed by atoms with Crippen LogP contribution in [0.4, 0.5) is 4.79 Å². The molecule has 0 bridgehead atoms. The van der Waals surface area contributed by atoms with Crippen LogP contribution < -0.4 is 5.43 Å². The van der Waals surface area contributed by atoms with Gasteiger partial charge in [-0.25, -0.2) is 15.0 Å². The lowest BCUT2D eigenvalue weighted by molar-refractivity contribution is -0.128. The van der Waals surface area contributed by atoms with Crippen LogP contribution in [0, 0.1) is 0 Å². The van der Waals surface area contributed by atoms with E-state index in [1.54, 1.807) is 6.92 Å². The number of carbonyl (C=O) groups excluding carboxylic acids is 1. The van der Waals surface area contributed by atoms with Crippen molar-refractivity contribution in [3.05, 3.63) is 0 Å². The Kier molecular flexibility index (Phi) is 4.46. The molecule has 0 unspecified atom stereocenters. The Morgan fingerprint density at radius 1 is 1.73 bits per heavy atom. The van der Waals surface area contributed by atoms with Gasteiger partial charge in [0.25, 0.3) is 0 Å². The smallest absolute Gasteiger partial charge is 0.427 e. The van der Waals surface area contributed by atoms with Crippen molar-refractivity contribution < 1.29 is 19.4 Å². The molecule has 0 heterocycles. The summed E-state index contributed by atoms with van der Waals surface area (Å²) in [5.41, 5.74) is 1.84. The molecule has 0 saturated carbocycles. The fraction of sp³-hybridized carbons (Fsp3) is 0.400. The summed E-state index contributed by atoms with van der Waals surface area (Å²) in [6, 6.07) is 0. The van der Waals surface area contributed by atoms with Crippen LogP contribution in [0.25, 0.3) is 0 Å². The monoisotopic (exact) mass is 160 g/mol. The van der Waals surface area contributed by atoms with Gasteiger partial charge in [-0.05, 0) is 6.92 Å². The largest absolute Gasteiger partial charge is 0.477 e. The molecule has 0 aromatic rings. The van der Waals surface area contributed by atoms with Gasteiger partial charge in [-0.1, -0.05) is 0 Å². The van der Waals surface area contributed by atoms with Crippen molar-refractivity contribution in [2.45, 2.75) is 6.92 Å². The van der Waals surface area contributed by atoms with Crippen LogP contribution in [-0.2, 0) is 9.53 Å². The molecule has 62 valence electrons. The maximum absolute atomic E-state index is 10.4. The van der Waals surface area contributed by atoms with Crippen LogP contribution in [0.15, 0.2) is 5.10 Å². The van der Waals surface area contributed by atoms with Crippen molar-refractivity contribution >= 4 is 18.3 Å². The number of hydrogen-bond donors (Lipinski definition) is 2. The first-order valence-electron chi connectivity index (χ1n) is 2.85. The summed E-state index contributed by atoms with van der Waals surface area (Å²) >= 11 is 0. The van der Waals surface area contributed by atoms with Crippen molar-refractivity contribution in [3.63, 3.8) is 0 Å². The van der Waals surface area contributed by atoms with Crippen molar-refractivity contribution in [2.75, 3.05) is 6.61 Å². The number of amides is 1. The fourth-order valence-electron chi connectivity index (χ4n) is 0.304. The number of ether oxygens (including phenoxy) is 1. The molecule has 11 heavy (non-hydrogen) atoms. The second-order valence-corrected chi connectivity index (χ2v) is 1.43. The van der Waals surface area contributed by atoms with E-state index in [2.05, 4.69) is 9.84 Å². The van der Waals surface area contributed by atoms with Crippen LogP contribution in [0.5, 0.6) is 0 Å². The number of carboxylic acids is 1. The minimum absolute atomic E-state index is 0.217. The van der Waals surface area contributed by atoms with Gasteiger partial charge in [0.1, 0.15) is 6.21 Å². The predicted molar refractivity (Wildman–Crippen MR) is 36.3 cm³/mol. The highest BCUT2D eigenvalue weighted by molar-refractivity contribution is 6.22. The molecule has 0 aromatic carbocycles. The van der Waals surface area contributed by atoms with Gasteiger partial charge in [0, 0.05) is 0 Å². The summed E-state index contributed by atoms with van der Waals surface area (Å²) in [5.74, 6) is -1.23. The number of nitrogens with zero attached hydrogens (tertiary/aromatic N) is 1. The minimum Gasteiger partial charge on any atom is -0.477 e. The quantitative estimate of drug-likeness (QED) is 0.442. The molecule has 0 radical (unpaired) electrons. The average molecular weight is 160 g/mol. The molecule has 0 spiro atoms. The highest BCUT2D eigenvalue weighted by Gasteiger charge is 1.95. The summed E-state index contributed by atoms with van der Waals surface area (Å²) in [5, 5.41) is 11.1. The Hall–Kier alpha value is -1.59. The van der Waals surface area contributed by atoms with Crippen LogP contribution >= 0.6 is 0 Å². The van der Waals surface area contributed by atoms with E-state index in [1.165, 1.54) is 0 Å². The fourth-order valence-corrected chi connectivity index (χ4v) is 0.304. The lowest BCUT2D eigenvalue weighted by Crippen LogP contribution is -2.19. The van der Waals surface area contributed by atoms with Crippen LogP contribution in [0.1, 0.15) is 6.92 Å². The van der Waals surface area contributed by atoms with Crippen molar-refractivity contribution in [1.29, 1.82) is 0 Å². The second kappa shape index (κ2) is 5.21. The first-order valence-corrected chi connectivity index (χ1v) is 2.85. The zero-order valence-electron chi connectivity index (χ0n) is 5.90. The molecule has 0 saturated heterocycles. The molecule has 6 heteroatoms. The molecular formula is C5H8N2O4. The standard InChI is InChI=1S/C5H8N2O4/c1-2-11-5(10)7-6-3-4(8)9/h3H,2H2,1H3,(H,7,10)(H,8,9). The zero-order valence-corrected chi connectivity index (χ0v) is 5.90. The van der Waals surface area contributed by atoms with E-state index in [0.717, 1.165) is 0 Å². The molecule has 0 aromatic heterocycles. The van der Waals surface area contributed by atoms with Gasteiger partial charge in [-0.3, -0.25) is 0 Å². The molecule has 6 nitrogen and oxygen atoms in total. The van der Waals surface area contributed by atoms with Gasteiger partial charge < -0.3 is 9.84 Å². The van der Waals surface area contributed by atoms with Gasteiger partial charge in [0.15, 0.2) is 0 Å². The van der Waals surface area contributed by atoms with Crippen LogP contribution in [0.3, 0.4) is 0 Å². The van der Waals surface area contributed by atoms with Crippen LogP contribution in [-0.4, -0.2) is 30.0 Å². The second-order valence-electron chi connectivity index (χ2n) is 1.43. The van der Waals surface area contributed by atoms with Crippen molar-refractivity contribution in [2.24, 2.45) is 5.10 Å². The normalized spacial score (nSPS) is 9.55. The molecule has 0 aliphatic heterocycles. The first-order chi connectivity index (χ1) is 5.16. The molecule has 0 aliphatic carbocycles. The Balaban J connectivity index is 3.53. The zero-order chi connectivity index (χ0) is 8.69. The van der Waals surface area contributed by atoms with Gasteiger partial charge >= 0.3 is 12.1 Å². The molecule has 1 amide bonds. The third kappa shape index (κ3) is 6.29. The SMILES string of the molecule is CCOC(=O)NN=CC(=O)O. The Bertz CT molecular complexity index is 177. The highest BCUT2D eigenvalue weighted by Crippen LogP contribution is 1.74. The van der Waals surface area contributed by atoms with E-state index in [1.807, 2.05) is 5.43 Å². The van der Waals surface area contributed by atoms with Crippen molar-refractivity contribution in [1.82, 2.24) is 5.43 Å².